The fourth-order valence-electron chi connectivity index (χ4n) is 12.3. The number of hydrogen-bond donors (Lipinski definition) is 5. The van der Waals surface area contributed by atoms with Crippen LogP contribution in [0, 0.1) is 18.3 Å². The lowest BCUT2D eigenvalue weighted by molar-refractivity contribution is -0.144. The number of aryl methyl sites for hydroxylation is 1. The van der Waals surface area contributed by atoms with Gasteiger partial charge in [0.25, 0.3) is 0 Å². The number of aliphatic hydroxyl groups excluding tert-OH is 1. The summed E-state index contributed by atoms with van der Waals surface area (Å²) in [5.41, 5.74) is 8.83. The average molecular weight is 1050 g/mol. The van der Waals surface area contributed by atoms with Gasteiger partial charge in [-0.2, -0.15) is 9.97 Å². The Balaban J connectivity index is 0.679. The highest BCUT2D eigenvalue weighted by Crippen LogP contribution is 2.49. The molecule has 4 aliphatic heterocycles. The van der Waals surface area contributed by atoms with Crippen LogP contribution < -0.4 is 25.6 Å². The molecule has 0 spiro atoms. The van der Waals surface area contributed by atoms with Crippen molar-refractivity contribution in [2.45, 2.75) is 116 Å². The van der Waals surface area contributed by atoms with Gasteiger partial charge in [-0.15, -0.1) is 11.3 Å². The summed E-state index contributed by atoms with van der Waals surface area (Å²) in [5.74, 6) is 0.136. The molecular weight excluding hydrogens is 981 g/mol. The Morgan fingerprint density at radius 3 is 2.45 bits per heavy atom. The average Bonchev–Trinajstić information content (AvgIpc) is 4.20. The molecule has 400 valence electrons. The van der Waals surface area contributed by atoms with Crippen LogP contribution in [0.3, 0.4) is 0 Å². The molecule has 5 N–H and O–H groups in total. The molecule has 3 amide bonds. The van der Waals surface area contributed by atoms with Crippen LogP contribution in [0.15, 0.2) is 66.3 Å². The van der Waals surface area contributed by atoms with Crippen LogP contribution >= 0.6 is 11.3 Å². The number of nitrogens with one attached hydrogen (secondary N) is 3. The largest absolute Gasteiger partial charge is 0.508 e. The maximum Gasteiger partial charge on any atom is 0.319 e. The van der Waals surface area contributed by atoms with Gasteiger partial charge in [-0.1, -0.05) is 70.2 Å². The van der Waals surface area contributed by atoms with Crippen LogP contribution in [0.2, 0.25) is 0 Å². The van der Waals surface area contributed by atoms with Gasteiger partial charge in [-0.3, -0.25) is 24.3 Å². The number of rotatable bonds is 15. The van der Waals surface area contributed by atoms with Crippen LogP contribution in [0.4, 0.5) is 5.82 Å². The van der Waals surface area contributed by atoms with Gasteiger partial charge < -0.3 is 45.4 Å². The summed E-state index contributed by atoms with van der Waals surface area (Å²) in [6, 6.07) is 16.8. The smallest absolute Gasteiger partial charge is 0.319 e. The quantitative estimate of drug-likeness (QED) is 0.0712. The summed E-state index contributed by atoms with van der Waals surface area (Å²) in [5, 5.41) is 34.3. The van der Waals surface area contributed by atoms with Crippen molar-refractivity contribution in [3.63, 3.8) is 0 Å². The molecule has 11 rings (SSSR count). The van der Waals surface area contributed by atoms with Crippen LogP contribution in [-0.2, 0) is 19.1 Å². The van der Waals surface area contributed by atoms with Gasteiger partial charge in [0.15, 0.2) is 0 Å². The third-order valence-electron chi connectivity index (χ3n) is 16.4. The van der Waals surface area contributed by atoms with E-state index >= 15 is 0 Å². The Hall–Kier alpha value is -6.31. The second-order valence-corrected chi connectivity index (χ2v) is 23.7. The van der Waals surface area contributed by atoms with E-state index in [0.717, 1.165) is 118 Å². The van der Waals surface area contributed by atoms with E-state index in [0.29, 0.717) is 37.9 Å². The molecule has 5 aliphatic rings. The number of pyridine rings is 1. The van der Waals surface area contributed by atoms with Crippen molar-refractivity contribution in [3.8, 4) is 33.5 Å². The number of likely N-dealkylation sites (tertiary alicyclic amines) is 2. The first-order valence-electron chi connectivity index (χ1n) is 27.1. The number of amides is 3. The molecule has 7 atom stereocenters. The lowest BCUT2D eigenvalue weighted by Gasteiger charge is -2.35. The highest BCUT2D eigenvalue weighted by atomic mass is 32.1. The van der Waals surface area contributed by atoms with Crippen molar-refractivity contribution in [1.82, 2.24) is 45.7 Å². The maximum atomic E-state index is 14.3. The minimum absolute atomic E-state index is 0.00116. The normalized spacial score (nSPS) is 22.4. The summed E-state index contributed by atoms with van der Waals surface area (Å²) >= 11 is 1.58. The van der Waals surface area contributed by atoms with E-state index in [1.807, 2.05) is 94.9 Å². The van der Waals surface area contributed by atoms with Crippen LogP contribution in [0.1, 0.15) is 101 Å². The number of ether oxygens (including phenoxy) is 2. The number of aromatic nitrogens is 4. The number of fused-ring (bicyclic) bond motifs is 6. The van der Waals surface area contributed by atoms with Crippen molar-refractivity contribution >= 4 is 56.6 Å². The number of benzene rings is 3. The van der Waals surface area contributed by atoms with Gasteiger partial charge in [-0.05, 0) is 104 Å². The van der Waals surface area contributed by atoms with Crippen molar-refractivity contribution < 1.29 is 34.1 Å². The summed E-state index contributed by atoms with van der Waals surface area (Å²) in [6.45, 7) is 16.4. The van der Waals surface area contributed by atoms with Gasteiger partial charge in [0.05, 0.1) is 51.4 Å². The number of phenolic OH excluding ortho intramolecular Hbond substituents is 1. The van der Waals surface area contributed by atoms with E-state index in [1.54, 1.807) is 11.3 Å². The number of piperazine rings is 1. The zero-order chi connectivity index (χ0) is 53.0. The van der Waals surface area contributed by atoms with Gasteiger partial charge in [0.1, 0.15) is 36.9 Å². The first kappa shape index (κ1) is 51.8. The zero-order valence-electron chi connectivity index (χ0n) is 44.3. The molecule has 6 aromatic rings. The number of hydrogen-bond acceptors (Lipinski definition) is 15. The van der Waals surface area contributed by atoms with E-state index in [4.69, 9.17) is 24.4 Å². The second kappa shape index (κ2) is 21.3. The number of aromatic hydroxyl groups is 1. The molecular formula is C58H70N10O7S. The third-order valence-corrected chi connectivity index (χ3v) is 17.4. The lowest BCUT2D eigenvalue weighted by atomic mass is 9.79. The van der Waals surface area contributed by atoms with Gasteiger partial charge in [0, 0.05) is 67.9 Å². The van der Waals surface area contributed by atoms with Crippen molar-refractivity contribution in [3.05, 3.63) is 88.7 Å². The van der Waals surface area contributed by atoms with E-state index in [9.17, 15) is 24.6 Å². The number of β-amino-alcohol motifs (C(OH)–C–C–N with tert-alkyl or cyclic N) is 1. The van der Waals surface area contributed by atoms with Gasteiger partial charge in [-0.25, -0.2) is 4.98 Å². The Bertz CT molecular complexity index is 3140. The SMILES string of the molecule is Cc1ncsc1-c1ccc([C@H](C)NC(=O)[C@@H]2C[C@@H](O)CN2C(=O)[C@@H](NC(=O)COCC2CCN(CCOc3nc(N4CC5CCC(C4)N5)c4cnc5c(c4n3)C(C)c3cccc4cc(O)cc-5c34)CC2)C(C)(C)C)cc1. The Labute approximate surface area is 447 Å². The van der Waals surface area contributed by atoms with Gasteiger partial charge in [0.2, 0.25) is 17.7 Å². The zero-order valence-corrected chi connectivity index (χ0v) is 45.2. The number of piperidine rings is 1. The lowest BCUT2D eigenvalue weighted by Crippen LogP contribution is -2.58. The molecule has 2 bridgehead atoms. The summed E-state index contributed by atoms with van der Waals surface area (Å²) < 4.78 is 12.5. The molecule has 0 radical (unpaired) electrons. The fourth-order valence-corrected chi connectivity index (χ4v) is 13.1. The minimum atomic E-state index is -0.951. The number of nitrogens with zero attached hydrogens (tertiary/aromatic N) is 7. The van der Waals surface area contributed by atoms with E-state index in [1.165, 1.54) is 10.5 Å². The first-order chi connectivity index (χ1) is 36.6. The van der Waals surface area contributed by atoms with Crippen LogP contribution in [0.25, 0.3) is 43.4 Å². The number of carbonyl (C=O) groups excluding carboxylic acids is 3. The number of thiazole rings is 1. The predicted molar refractivity (Wildman–Crippen MR) is 293 cm³/mol. The molecule has 7 heterocycles. The standard InChI is InChI=1S/C58H70N10O7S/c1-32-43-9-7-8-38-22-41(69)23-44(49(38)43)50-48(32)51-45(25-59-50)54(67-26-39-14-15-40(27-67)62-39)65-57(64-51)75-21-20-66-18-16-35(17-19-66)29-74-30-47(71)63-53(58(4,5)6)56(73)68-28-42(70)24-46(68)55(72)61-33(2)36-10-12-37(13-11-36)52-34(3)60-31-76-52/h7-13,22-23,25,31-33,35,39-40,42,46,53,62,69-70H,14-21,24,26-30H2,1-6H3,(H,61,72)(H,63,71)/t32?,33-,39?,40?,42+,46-,53+/m0/s1. The van der Waals surface area contributed by atoms with Crippen LogP contribution in [-0.4, -0.2) is 147 Å². The van der Waals surface area contributed by atoms with Crippen molar-refractivity contribution in [2.24, 2.45) is 11.3 Å². The summed E-state index contributed by atoms with van der Waals surface area (Å²) in [7, 11) is 0. The molecule has 18 heteroatoms. The van der Waals surface area contributed by atoms with E-state index in [2.05, 4.69) is 43.7 Å². The topological polar surface area (TPSA) is 207 Å². The van der Waals surface area contributed by atoms with E-state index in [-0.39, 0.29) is 49.1 Å². The Morgan fingerprint density at radius 2 is 1.72 bits per heavy atom. The van der Waals surface area contributed by atoms with Crippen molar-refractivity contribution in [1.29, 1.82) is 0 Å². The van der Waals surface area contributed by atoms with Gasteiger partial charge >= 0.3 is 6.01 Å². The fraction of sp³-hybridized carbons (Fsp3) is 0.500. The molecule has 3 unspecified atom stereocenters. The summed E-state index contributed by atoms with van der Waals surface area (Å²) in [4.78, 5) is 68.5. The predicted octanol–water partition coefficient (Wildman–Crippen LogP) is 6.87. The third kappa shape index (κ3) is 10.5. The Morgan fingerprint density at radius 1 is 0.961 bits per heavy atom. The monoisotopic (exact) mass is 1050 g/mol. The molecule has 76 heavy (non-hydrogen) atoms. The molecule has 3 aromatic heterocycles. The highest BCUT2D eigenvalue weighted by Gasteiger charge is 2.45. The molecule has 4 saturated heterocycles. The van der Waals surface area contributed by atoms with Crippen LogP contribution in [0.5, 0.6) is 11.8 Å². The number of phenols is 1. The molecule has 0 saturated carbocycles. The van der Waals surface area contributed by atoms with E-state index < -0.39 is 35.4 Å². The molecule has 1 aliphatic carbocycles. The molecule has 3 aromatic carbocycles. The Kier molecular flexibility index (Phi) is 14.5. The van der Waals surface area contributed by atoms with Crippen molar-refractivity contribution in [2.75, 3.05) is 64.0 Å². The number of aliphatic hydroxyl groups is 1. The molecule has 17 nitrogen and oxygen atoms in total. The highest BCUT2D eigenvalue weighted by molar-refractivity contribution is 7.13. The first-order valence-corrected chi connectivity index (χ1v) is 27.9. The second-order valence-electron chi connectivity index (χ2n) is 22.8. The number of anilines is 1. The summed E-state index contributed by atoms with van der Waals surface area (Å²) in [6.07, 6.45) is 5.21. The number of carbonyl (C=O) groups is 3. The molecule has 4 fully saturated rings. The maximum absolute atomic E-state index is 14.3. The minimum Gasteiger partial charge on any atom is -0.508 e.